The summed E-state index contributed by atoms with van der Waals surface area (Å²) < 4.78 is 50.4. The first-order chi connectivity index (χ1) is 12.9. The first-order valence-electron chi connectivity index (χ1n) is 8.95. The van der Waals surface area contributed by atoms with E-state index in [0.717, 1.165) is 13.2 Å². The maximum atomic E-state index is 13.6. The molecule has 0 aromatic heterocycles. The second kappa shape index (κ2) is 8.28. The van der Waals surface area contributed by atoms with Crippen LogP contribution in [0, 0.1) is 0 Å². The Morgan fingerprint density at radius 2 is 1.89 bits per heavy atom. The van der Waals surface area contributed by atoms with Gasteiger partial charge in [-0.1, -0.05) is 0 Å². The Hall–Kier alpha value is -2.45. The fourth-order valence-electron chi connectivity index (χ4n) is 3.07. The maximum absolute atomic E-state index is 13.6. The van der Waals surface area contributed by atoms with Crippen molar-refractivity contribution in [1.82, 2.24) is 5.32 Å². The Balaban J connectivity index is 2.21. The van der Waals surface area contributed by atoms with Crippen LogP contribution >= 0.6 is 0 Å². The molecule has 1 aromatic rings. The van der Waals surface area contributed by atoms with Gasteiger partial charge >= 0.3 is 18.2 Å². The molecule has 1 heterocycles. The van der Waals surface area contributed by atoms with Crippen molar-refractivity contribution >= 4 is 17.7 Å². The first-order valence-corrected chi connectivity index (χ1v) is 8.95. The second-order valence-electron chi connectivity index (χ2n) is 7.65. The molecule has 1 aliphatic rings. The number of carbonyl (C=O) groups is 2. The molecule has 1 amide bonds. The molecule has 0 spiro atoms. The number of rotatable bonds is 3. The maximum Gasteiger partial charge on any atom is 0.418 e. The van der Waals surface area contributed by atoms with E-state index in [0.29, 0.717) is 19.4 Å². The van der Waals surface area contributed by atoms with Gasteiger partial charge in [-0.15, -0.1) is 0 Å². The summed E-state index contributed by atoms with van der Waals surface area (Å²) in [6.07, 6.45) is -3.99. The number of hydrogen-bond donors (Lipinski definition) is 1. The number of alkyl halides is 3. The van der Waals surface area contributed by atoms with Crippen molar-refractivity contribution in [3.63, 3.8) is 0 Å². The number of halogens is 3. The van der Waals surface area contributed by atoms with Crippen molar-refractivity contribution in [2.75, 3.05) is 25.1 Å². The lowest BCUT2D eigenvalue weighted by Crippen LogP contribution is -2.49. The molecule has 1 fully saturated rings. The normalized spacial score (nSPS) is 17.8. The largest absolute Gasteiger partial charge is 0.465 e. The monoisotopic (exact) mass is 402 g/mol. The highest BCUT2D eigenvalue weighted by atomic mass is 19.4. The Labute approximate surface area is 162 Å². The minimum Gasteiger partial charge on any atom is -0.465 e. The summed E-state index contributed by atoms with van der Waals surface area (Å²) in [5.74, 6) is -0.833. The number of amides is 1. The smallest absolute Gasteiger partial charge is 0.418 e. The molecule has 0 radical (unpaired) electrons. The number of alkyl carbamates (subject to hydrolysis) is 1. The van der Waals surface area contributed by atoms with Crippen LogP contribution in [-0.4, -0.2) is 43.9 Å². The van der Waals surface area contributed by atoms with Crippen LogP contribution in [0.25, 0.3) is 0 Å². The number of nitrogens with zero attached hydrogens (tertiary/aromatic N) is 1. The summed E-state index contributed by atoms with van der Waals surface area (Å²) in [5.41, 5.74) is -1.77. The van der Waals surface area contributed by atoms with Gasteiger partial charge in [0.05, 0.1) is 18.2 Å². The van der Waals surface area contributed by atoms with Gasteiger partial charge in [0.2, 0.25) is 0 Å². The number of hydrogen-bond acceptors (Lipinski definition) is 5. The molecule has 156 valence electrons. The van der Waals surface area contributed by atoms with Crippen molar-refractivity contribution in [2.45, 2.75) is 51.4 Å². The van der Waals surface area contributed by atoms with Gasteiger partial charge in [0, 0.05) is 24.8 Å². The van der Waals surface area contributed by atoms with Gasteiger partial charge in [-0.2, -0.15) is 13.2 Å². The van der Waals surface area contributed by atoms with E-state index in [9.17, 15) is 22.8 Å². The number of esters is 1. The van der Waals surface area contributed by atoms with Crippen LogP contribution in [0.3, 0.4) is 0 Å². The third-order valence-electron chi connectivity index (χ3n) is 4.21. The molecule has 2 rings (SSSR count). The summed E-state index contributed by atoms with van der Waals surface area (Å²) in [6.45, 7) is 5.82. The zero-order valence-corrected chi connectivity index (χ0v) is 16.4. The van der Waals surface area contributed by atoms with Crippen molar-refractivity contribution in [3.8, 4) is 0 Å². The zero-order chi connectivity index (χ0) is 21.1. The summed E-state index contributed by atoms with van der Waals surface area (Å²) in [7, 11) is 1.11. The lowest BCUT2D eigenvalue weighted by atomic mass is 10.0. The number of methoxy groups -OCH3 is 1. The van der Waals surface area contributed by atoms with Crippen LogP contribution in [0.4, 0.5) is 23.7 Å². The van der Waals surface area contributed by atoms with E-state index in [1.54, 1.807) is 25.7 Å². The summed E-state index contributed by atoms with van der Waals surface area (Å²) in [4.78, 5) is 25.1. The van der Waals surface area contributed by atoms with Crippen LogP contribution in [-0.2, 0) is 15.7 Å². The highest BCUT2D eigenvalue weighted by molar-refractivity contribution is 5.90. The van der Waals surface area contributed by atoms with Gasteiger partial charge in [0.15, 0.2) is 0 Å². The molecule has 1 N–H and O–H groups in total. The molecule has 1 unspecified atom stereocenters. The molecule has 1 aliphatic heterocycles. The van der Waals surface area contributed by atoms with E-state index in [1.807, 2.05) is 0 Å². The summed E-state index contributed by atoms with van der Waals surface area (Å²) in [6, 6.07) is 3.03. The highest BCUT2D eigenvalue weighted by Gasteiger charge is 2.37. The Bertz CT molecular complexity index is 729. The molecule has 6 nitrogen and oxygen atoms in total. The summed E-state index contributed by atoms with van der Waals surface area (Å²) >= 11 is 0. The first kappa shape index (κ1) is 21.8. The van der Waals surface area contributed by atoms with Crippen LogP contribution in [0.15, 0.2) is 18.2 Å². The van der Waals surface area contributed by atoms with Gasteiger partial charge in [0.25, 0.3) is 0 Å². The van der Waals surface area contributed by atoms with Gasteiger partial charge < -0.3 is 19.7 Å². The van der Waals surface area contributed by atoms with Crippen LogP contribution in [0.2, 0.25) is 0 Å². The molecule has 28 heavy (non-hydrogen) atoms. The van der Waals surface area contributed by atoms with E-state index < -0.39 is 29.4 Å². The van der Waals surface area contributed by atoms with Crippen LogP contribution < -0.4 is 10.2 Å². The molecular formula is C19H25F3N2O4. The number of anilines is 1. The molecule has 9 heteroatoms. The second-order valence-corrected chi connectivity index (χ2v) is 7.65. The van der Waals surface area contributed by atoms with E-state index in [-0.39, 0.29) is 23.8 Å². The van der Waals surface area contributed by atoms with Gasteiger partial charge in [-0.25, -0.2) is 9.59 Å². The quantitative estimate of drug-likeness (QED) is 0.775. The van der Waals surface area contributed by atoms with Gasteiger partial charge in [0.1, 0.15) is 5.60 Å². The average molecular weight is 402 g/mol. The fourth-order valence-corrected chi connectivity index (χ4v) is 3.07. The topological polar surface area (TPSA) is 67.9 Å². The minimum absolute atomic E-state index is 0.0316. The Kier molecular flexibility index (Phi) is 6.46. The highest BCUT2D eigenvalue weighted by Crippen LogP contribution is 2.38. The Morgan fingerprint density at radius 3 is 2.46 bits per heavy atom. The van der Waals surface area contributed by atoms with Crippen molar-refractivity contribution in [3.05, 3.63) is 29.3 Å². The minimum atomic E-state index is -4.63. The van der Waals surface area contributed by atoms with E-state index in [1.165, 1.54) is 12.1 Å². The van der Waals surface area contributed by atoms with Gasteiger partial charge in [-0.05, 0) is 51.8 Å². The molecular weight excluding hydrogens is 377 g/mol. The van der Waals surface area contributed by atoms with Gasteiger partial charge in [-0.3, -0.25) is 0 Å². The third kappa shape index (κ3) is 5.77. The number of carbonyl (C=O) groups excluding carboxylic acids is 2. The van der Waals surface area contributed by atoms with Crippen molar-refractivity contribution in [1.29, 1.82) is 0 Å². The molecule has 1 aromatic carbocycles. The lowest BCUT2D eigenvalue weighted by Gasteiger charge is -2.36. The Morgan fingerprint density at radius 1 is 1.21 bits per heavy atom. The summed E-state index contributed by atoms with van der Waals surface area (Å²) in [5, 5.41) is 2.71. The van der Waals surface area contributed by atoms with E-state index >= 15 is 0 Å². The van der Waals surface area contributed by atoms with Crippen molar-refractivity contribution < 1.29 is 32.2 Å². The van der Waals surface area contributed by atoms with Crippen molar-refractivity contribution in [2.24, 2.45) is 0 Å². The molecule has 1 atom stereocenters. The molecule has 0 aliphatic carbocycles. The molecule has 1 saturated heterocycles. The number of benzene rings is 1. The predicted molar refractivity (Wildman–Crippen MR) is 97.4 cm³/mol. The molecule has 0 bridgehead atoms. The van der Waals surface area contributed by atoms with Crippen LogP contribution in [0.1, 0.15) is 49.5 Å². The third-order valence-corrected chi connectivity index (χ3v) is 4.21. The SMILES string of the molecule is COC(=O)c1ccc(N2CCCC(NC(=O)OC(C)(C)C)C2)c(C(F)(F)F)c1. The fraction of sp³-hybridized carbons (Fsp3) is 0.579. The molecule has 0 saturated carbocycles. The number of ether oxygens (including phenoxy) is 2. The van der Waals surface area contributed by atoms with E-state index in [4.69, 9.17) is 4.74 Å². The number of nitrogens with one attached hydrogen (secondary N) is 1. The van der Waals surface area contributed by atoms with Crippen LogP contribution in [0.5, 0.6) is 0 Å². The predicted octanol–water partition coefficient (Wildman–Crippen LogP) is 3.99. The zero-order valence-electron chi connectivity index (χ0n) is 16.4. The van der Waals surface area contributed by atoms with E-state index in [2.05, 4.69) is 10.1 Å². The number of piperidine rings is 1. The lowest BCUT2D eigenvalue weighted by molar-refractivity contribution is -0.137. The average Bonchev–Trinajstić information content (AvgIpc) is 2.58. The standard InChI is InChI=1S/C19H25F3N2O4/c1-18(2,3)28-17(26)23-13-6-5-9-24(11-13)15-8-7-12(16(25)27-4)10-14(15)19(20,21)22/h7-8,10,13H,5-6,9,11H2,1-4H3,(H,23,26).